The van der Waals surface area contributed by atoms with E-state index < -0.39 is 0 Å². The minimum Gasteiger partial charge on any atom is -0.484 e. The zero-order valence-electron chi connectivity index (χ0n) is 18.5. The summed E-state index contributed by atoms with van der Waals surface area (Å²) in [5.41, 5.74) is 5.04. The van der Waals surface area contributed by atoms with Crippen molar-refractivity contribution in [3.8, 4) is 28.1 Å². The van der Waals surface area contributed by atoms with Crippen molar-refractivity contribution < 1.29 is 19.1 Å². The zero-order chi connectivity index (χ0) is 23.3. The number of morpholine rings is 1. The minimum absolute atomic E-state index is 0.0195. The molecule has 2 aromatic carbocycles. The number of pyridine rings is 2. The maximum absolute atomic E-state index is 12.2. The van der Waals surface area contributed by atoms with E-state index in [1.54, 1.807) is 29.4 Å². The SMILES string of the molecule is O=Cc1cc(-c2ccc(-c3ccc(OCC(=O)N4CCOCC4)cc3)cc2)nc2ccncc12. The summed E-state index contributed by atoms with van der Waals surface area (Å²) in [4.78, 5) is 34.3. The lowest BCUT2D eigenvalue weighted by molar-refractivity contribution is -0.137. The number of fused-ring (bicyclic) bond motifs is 1. The number of benzene rings is 2. The van der Waals surface area contributed by atoms with Crippen LogP contribution in [0.1, 0.15) is 10.4 Å². The van der Waals surface area contributed by atoms with Gasteiger partial charge in [0.1, 0.15) is 5.75 Å². The Morgan fingerprint density at radius 1 is 0.971 bits per heavy atom. The second-order valence-electron chi connectivity index (χ2n) is 7.99. The molecule has 4 aromatic rings. The number of aromatic nitrogens is 2. The summed E-state index contributed by atoms with van der Waals surface area (Å²) in [7, 11) is 0. The summed E-state index contributed by atoms with van der Waals surface area (Å²) in [5, 5.41) is 0.742. The van der Waals surface area contributed by atoms with Gasteiger partial charge in [-0.05, 0) is 35.4 Å². The fourth-order valence-electron chi connectivity index (χ4n) is 3.97. The molecule has 0 bridgehead atoms. The predicted molar refractivity (Wildman–Crippen MR) is 129 cm³/mol. The van der Waals surface area contributed by atoms with Crippen LogP contribution in [0, 0.1) is 0 Å². The number of nitrogens with zero attached hydrogens (tertiary/aromatic N) is 3. The molecule has 0 unspecified atom stereocenters. The Morgan fingerprint density at radius 2 is 1.65 bits per heavy atom. The fraction of sp³-hybridized carbons (Fsp3) is 0.185. The van der Waals surface area contributed by atoms with Crippen LogP contribution in [0.5, 0.6) is 5.75 Å². The summed E-state index contributed by atoms with van der Waals surface area (Å²) in [6, 6.07) is 19.3. The van der Waals surface area contributed by atoms with Crippen LogP contribution in [0.15, 0.2) is 73.1 Å². The Hall–Kier alpha value is -4.10. The molecule has 1 saturated heterocycles. The zero-order valence-corrected chi connectivity index (χ0v) is 18.5. The minimum atomic E-state index is -0.0285. The van der Waals surface area contributed by atoms with E-state index >= 15 is 0 Å². The Bertz CT molecular complexity index is 1310. The molecule has 0 spiro atoms. The van der Waals surface area contributed by atoms with Gasteiger partial charge in [0.15, 0.2) is 12.9 Å². The molecule has 34 heavy (non-hydrogen) atoms. The van der Waals surface area contributed by atoms with Crippen LogP contribution < -0.4 is 4.74 Å². The first kappa shape index (κ1) is 21.7. The average molecular weight is 453 g/mol. The number of amides is 1. The van der Waals surface area contributed by atoms with Gasteiger partial charge in [0, 0.05) is 42.0 Å². The first-order chi connectivity index (χ1) is 16.7. The number of rotatable bonds is 6. The second-order valence-corrected chi connectivity index (χ2v) is 7.99. The van der Waals surface area contributed by atoms with E-state index in [0.717, 1.165) is 39.6 Å². The number of ether oxygens (including phenoxy) is 2. The van der Waals surface area contributed by atoms with Crippen molar-refractivity contribution in [2.45, 2.75) is 0 Å². The van der Waals surface area contributed by atoms with E-state index in [0.29, 0.717) is 37.6 Å². The van der Waals surface area contributed by atoms with Crippen LogP contribution in [-0.2, 0) is 9.53 Å². The van der Waals surface area contributed by atoms with Crippen LogP contribution in [0.4, 0.5) is 0 Å². The quantitative estimate of drug-likeness (QED) is 0.410. The van der Waals surface area contributed by atoms with Crippen molar-refractivity contribution in [1.82, 2.24) is 14.9 Å². The van der Waals surface area contributed by atoms with E-state index in [1.807, 2.05) is 48.5 Å². The van der Waals surface area contributed by atoms with Gasteiger partial charge in [-0.25, -0.2) is 4.98 Å². The first-order valence-electron chi connectivity index (χ1n) is 11.1. The number of hydrogen-bond acceptors (Lipinski definition) is 6. The van der Waals surface area contributed by atoms with E-state index in [9.17, 15) is 9.59 Å². The van der Waals surface area contributed by atoms with E-state index in [2.05, 4.69) is 9.97 Å². The van der Waals surface area contributed by atoms with Gasteiger partial charge < -0.3 is 14.4 Å². The maximum Gasteiger partial charge on any atom is 0.260 e. The van der Waals surface area contributed by atoms with Crippen molar-refractivity contribution in [3.05, 3.63) is 78.6 Å². The lowest BCUT2D eigenvalue weighted by atomic mass is 10.0. The van der Waals surface area contributed by atoms with Gasteiger partial charge in [0.2, 0.25) is 0 Å². The molecule has 2 aromatic heterocycles. The highest BCUT2D eigenvalue weighted by Gasteiger charge is 2.17. The number of hydrogen-bond donors (Lipinski definition) is 0. The molecular weight excluding hydrogens is 430 g/mol. The van der Waals surface area contributed by atoms with Crippen LogP contribution in [-0.4, -0.2) is 60.0 Å². The summed E-state index contributed by atoms with van der Waals surface area (Å²) in [6.07, 6.45) is 4.16. The van der Waals surface area contributed by atoms with Crippen LogP contribution in [0.3, 0.4) is 0 Å². The van der Waals surface area contributed by atoms with Gasteiger partial charge in [0.05, 0.1) is 24.4 Å². The van der Waals surface area contributed by atoms with Crippen molar-refractivity contribution in [3.63, 3.8) is 0 Å². The standard InChI is InChI=1S/C27H23N3O4/c31-17-22-15-26(29-25-9-10-28-16-24(22)25)21-3-1-19(2-4-21)20-5-7-23(8-6-20)34-18-27(32)30-11-13-33-14-12-30/h1-10,15-17H,11-14,18H2. The molecule has 1 amide bonds. The molecule has 1 aliphatic rings. The van der Waals surface area contributed by atoms with Gasteiger partial charge in [-0.15, -0.1) is 0 Å². The molecule has 170 valence electrons. The highest BCUT2D eigenvalue weighted by molar-refractivity contribution is 5.97. The van der Waals surface area contributed by atoms with E-state index in [-0.39, 0.29) is 12.5 Å². The highest BCUT2D eigenvalue weighted by Crippen LogP contribution is 2.27. The van der Waals surface area contributed by atoms with Crippen LogP contribution >= 0.6 is 0 Å². The normalized spacial score (nSPS) is 13.6. The molecule has 5 rings (SSSR count). The third-order valence-electron chi connectivity index (χ3n) is 5.86. The van der Waals surface area contributed by atoms with Crippen molar-refractivity contribution in [1.29, 1.82) is 0 Å². The Balaban J connectivity index is 1.28. The second kappa shape index (κ2) is 9.80. The molecule has 0 N–H and O–H groups in total. The van der Waals surface area contributed by atoms with Crippen molar-refractivity contribution >= 4 is 23.1 Å². The monoisotopic (exact) mass is 453 g/mol. The number of aldehydes is 1. The summed E-state index contributed by atoms with van der Waals surface area (Å²) < 4.78 is 10.9. The molecule has 0 saturated carbocycles. The smallest absolute Gasteiger partial charge is 0.260 e. The highest BCUT2D eigenvalue weighted by atomic mass is 16.5. The summed E-state index contributed by atoms with van der Waals surface area (Å²) in [6.45, 7) is 2.39. The first-order valence-corrected chi connectivity index (χ1v) is 11.1. The van der Waals surface area contributed by atoms with Gasteiger partial charge >= 0.3 is 0 Å². The third kappa shape index (κ3) is 4.65. The molecule has 0 atom stereocenters. The van der Waals surface area contributed by atoms with Crippen LogP contribution in [0.25, 0.3) is 33.3 Å². The van der Waals surface area contributed by atoms with Gasteiger partial charge in [-0.1, -0.05) is 36.4 Å². The number of carbonyl (C=O) groups is 2. The van der Waals surface area contributed by atoms with Gasteiger partial charge in [-0.2, -0.15) is 0 Å². The lowest BCUT2D eigenvalue weighted by Crippen LogP contribution is -2.42. The molecular formula is C27H23N3O4. The third-order valence-corrected chi connectivity index (χ3v) is 5.86. The largest absolute Gasteiger partial charge is 0.484 e. The molecule has 1 fully saturated rings. The molecule has 1 aliphatic heterocycles. The fourth-order valence-corrected chi connectivity index (χ4v) is 3.97. The van der Waals surface area contributed by atoms with E-state index in [4.69, 9.17) is 9.47 Å². The molecule has 7 heteroatoms. The van der Waals surface area contributed by atoms with Crippen LogP contribution in [0.2, 0.25) is 0 Å². The number of carbonyl (C=O) groups excluding carboxylic acids is 2. The summed E-state index contributed by atoms with van der Waals surface area (Å²) in [5.74, 6) is 0.623. The topological polar surface area (TPSA) is 81.6 Å². The molecule has 0 aliphatic carbocycles. The molecule has 7 nitrogen and oxygen atoms in total. The Morgan fingerprint density at radius 3 is 2.35 bits per heavy atom. The molecule has 0 radical (unpaired) electrons. The summed E-state index contributed by atoms with van der Waals surface area (Å²) >= 11 is 0. The van der Waals surface area contributed by atoms with Crippen molar-refractivity contribution in [2.24, 2.45) is 0 Å². The molecule has 3 heterocycles. The average Bonchev–Trinajstić information content (AvgIpc) is 2.92. The Kier molecular flexibility index (Phi) is 6.27. The van der Waals surface area contributed by atoms with Gasteiger partial charge in [0.25, 0.3) is 5.91 Å². The lowest BCUT2D eigenvalue weighted by Gasteiger charge is -2.26. The Labute approximate surface area is 197 Å². The predicted octanol–water partition coefficient (Wildman–Crippen LogP) is 4.01. The van der Waals surface area contributed by atoms with E-state index in [1.165, 1.54) is 0 Å². The van der Waals surface area contributed by atoms with Crippen molar-refractivity contribution in [2.75, 3.05) is 32.9 Å². The maximum atomic E-state index is 12.2. The van der Waals surface area contributed by atoms with Gasteiger partial charge in [-0.3, -0.25) is 14.6 Å².